The van der Waals surface area contributed by atoms with E-state index in [-0.39, 0.29) is 34.0 Å². The van der Waals surface area contributed by atoms with E-state index in [0.29, 0.717) is 13.0 Å². The molecule has 39 heavy (non-hydrogen) atoms. The molecule has 0 spiro atoms. The maximum Gasteiger partial charge on any atom is 0.264 e. The van der Waals surface area contributed by atoms with E-state index < -0.39 is 28.5 Å². The largest absolute Gasteiger partial charge is 0.354 e. The van der Waals surface area contributed by atoms with Crippen molar-refractivity contribution in [3.05, 3.63) is 95.0 Å². The standard InChI is InChI=1S/C30H36ClN3O4S/c1-5-27(30(36)32-19-22(2)3)33(20-24-17-15-23(4)16-18-24)29(35)21-34(28-14-10-9-13-26(28)31)39(37,38)25-11-7-6-8-12-25/h6-18,22,27H,5,19-21H2,1-4H3,(H,32,36)/t27-/m1/s1. The minimum absolute atomic E-state index is 0.0320. The molecule has 0 unspecified atom stereocenters. The fourth-order valence-electron chi connectivity index (χ4n) is 4.12. The molecule has 0 aliphatic heterocycles. The monoisotopic (exact) mass is 569 g/mol. The van der Waals surface area contributed by atoms with Crippen LogP contribution in [0, 0.1) is 12.8 Å². The third kappa shape index (κ3) is 7.83. The van der Waals surface area contributed by atoms with E-state index in [9.17, 15) is 18.0 Å². The Kier molecular flexibility index (Phi) is 10.5. The summed E-state index contributed by atoms with van der Waals surface area (Å²) < 4.78 is 28.6. The van der Waals surface area contributed by atoms with Gasteiger partial charge in [-0.25, -0.2) is 8.42 Å². The molecule has 0 saturated carbocycles. The number of benzene rings is 3. The van der Waals surface area contributed by atoms with Gasteiger partial charge < -0.3 is 10.2 Å². The number of anilines is 1. The molecular weight excluding hydrogens is 534 g/mol. The van der Waals surface area contributed by atoms with Crippen molar-refractivity contribution in [2.75, 3.05) is 17.4 Å². The van der Waals surface area contributed by atoms with Crippen molar-refractivity contribution < 1.29 is 18.0 Å². The molecule has 7 nitrogen and oxygen atoms in total. The van der Waals surface area contributed by atoms with Gasteiger partial charge in [0.2, 0.25) is 11.8 Å². The highest BCUT2D eigenvalue weighted by Gasteiger charge is 2.34. The zero-order valence-corrected chi connectivity index (χ0v) is 24.4. The molecule has 0 bridgehead atoms. The first-order valence-corrected chi connectivity index (χ1v) is 14.8. The van der Waals surface area contributed by atoms with E-state index in [1.165, 1.54) is 17.0 Å². The quantitative estimate of drug-likeness (QED) is 0.315. The normalized spacial score (nSPS) is 12.2. The van der Waals surface area contributed by atoms with Crippen LogP contribution in [0.4, 0.5) is 5.69 Å². The topological polar surface area (TPSA) is 86.8 Å². The van der Waals surface area contributed by atoms with Gasteiger partial charge in [0.25, 0.3) is 10.0 Å². The minimum Gasteiger partial charge on any atom is -0.354 e. The number of halogens is 1. The van der Waals surface area contributed by atoms with E-state index >= 15 is 0 Å². The van der Waals surface area contributed by atoms with Gasteiger partial charge in [-0.05, 0) is 49.1 Å². The first-order valence-electron chi connectivity index (χ1n) is 13.0. The summed E-state index contributed by atoms with van der Waals surface area (Å²) in [7, 11) is -4.16. The number of aryl methyl sites for hydroxylation is 1. The average molecular weight is 570 g/mol. The molecule has 1 atom stereocenters. The number of amides is 2. The Hall–Kier alpha value is -3.36. The Bertz CT molecular complexity index is 1360. The molecule has 9 heteroatoms. The maximum atomic E-state index is 14.0. The Labute approximate surface area is 236 Å². The number of sulfonamides is 1. The Morgan fingerprint density at radius 3 is 2.13 bits per heavy atom. The lowest BCUT2D eigenvalue weighted by atomic mass is 10.1. The highest BCUT2D eigenvalue weighted by Crippen LogP contribution is 2.30. The molecule has 208 valence electrons. The van der Waals surface area contributed by atoms with E-state index in [2.05, 4.69) is 5.32 Å². The first-order chi connectivity index (χ1) is 18.5. The number of rotatable bonds is 12. The lowest BCUT2D eigenvalue weighted by Gasteiger charge is -2.33. The molecule has 1 N–H and O–H groups in total. The summed E-state index contributed by atoms with van der Waals surface area (Å²) in [4.78, 5) is 28.8. The van der Waals surface area contributed by atoms with Crippen molar-refractivity contribution in [2.45, 2.75) is 51.6 Å². The van der Waals surface area contributed by atoms with Gasteiger partial charge in [0.15, 0.2) is 0 Å². The molecule has 3 aromatic carbocycles. The van der Waals surface area contributed by atoms with Crippen LogP contribution in [-0.4, -0.2) is 44.3 Å². The molecule has 0 aliphatic rings. The third-order valence-electron chi connectivity index (χ3n) is 6.28. The van der Waals surface area contributed by atoms with Crippen molar-refractivity contribution in [1.82, 2.24) is 10.2 Å². The predicted octanol–water partition coefficient (Wildman–Crippen LogP) is 5.42. The van der Waals surface area contributed by atoms with Crippen LogP contribution >= 0.6 is 11.6 Å². The summed E-state index contributed by atoms with van der Waals surface area (Å²) in [5.74, 6) is -0.553. The number of para-hydroxylation sites is 1. The lowest BCUT2D eigenvalue weighted by Crippen LogP contribution is -2.52. The van der Waals surface area contributed by atoms with Crippen LogP contribution in [0.1, 0.15) is 38.3 Å². The molecule has 0 aliphatic carbocycles. The van der Waals surface area contributed by atoms with Gasteiger partial charge in [-0.1, -0.05) is 92.5 Å². The second-order valence-corrected chi connectivity index (χ2v) is 12.1. The van der Waals surface area contributed by atoms with E-state index in [1.54, 1.807) is 42.5 Å². The number of nitrogens with zero attached hydrogens (tertiary/aromatic N) is 2. The summed E-state index contributed by atoms with van der Waals surface area (Å²) >= 11 is 6.44. The van der Waals surface area contributed by atoms with Crippen LogP contribution in [-0.2, 0) is 26.2 Å². The number of nitrogens with one attached hydrogen (secondary N) is 1. The molecule has 0 fully saturated rings. The molecule has 0 radical (unpaired) electrons. The fourth-order valence-corrected chi connectivity index (χ4v) is 5.86. The smallest absolute Gasteiger partial charge is 0.264 e. The van der Waals surface area contributed by atoms with E-state index in [0.717, 1.165) is 15.4 Å². The van der Waals surface area contributed by atoms with E-state index in [4.69, 9.17) is 11.6 Å². The van der Waals surface area contributed by atoms with Crippen LogP contribution in [0.3, 0.4) is 0 Å². The Balaban J connectivity index is 2.04. The maximum absolute atomic E-state index is 14.0. The highest BCUT2D eigenvalue weighted by atomic mass is 35.5. The molecule has 0 saturated heterocycles. The van der Waals surface area contributed by atoms with Crippen LogP contribution < -0.4 is 9.62 Å². The highest BCUT2D eigenvalue weighted by molar-refractivity contribution is 7.92. The molecule has 2 amide bonds. The first kappa shape index (κ1) is 30.2. The van der Waals surface area contributed by atoms with Gasteiger partial charge in [-0.2, -0.15) is 0 Å². The minimum atomic E-state index is -4.16. The van der Waals surface area contributed by atoms with Crippen molar-refractivity contribution >= 4 is 39.1 Å². The second-order valence-electron chi connectivity index (χ2n) is 9.85. The summed E-state index contributed by atoms with van der Waals surface area (Å²) in [6, 6.07) is 21.3. The van der Waals surface area contributed by atoms with Crippen LogP contribution in [0.25, 0.3) is 0 Å². The van der Waals surface area contributed by atoms with Gasteiger partial charge in [0.05, 0.1) is 15.6 Å². The number of hydrogen-bond donors (Lipinski definition) is 1. The molecule has 3 rings (SSSR count). The zero-order valence-electron chi connectivity index (χ0n) is 22.8. The summed E-state index contributed by atoms with van der Waals surface area (Å²) in [6.45, 7) is 7.88. The van der Waals surface area contributed by atoms with Crippen molar-refractivity contribution in [3.8, 4) is 0 Å². The van der Waals surface area contributed by atoms with Gasteiger partial charge in [0, 0.05) is 13.1 Å². The van der Waals surface area contributed by atoms with Crippen molar-refractivity contribution in [3.63, 3.8) is 0 Å². The number of carbonyl (C=O) groups excluding carboxylic acids is 2. The number of carbonyl (C=O) groups is 2. The molecule has 3 aromatic rings. The van der Waals surface area contributed by atoms with Gasteiger partial charge in [-0.15, -0.1) is 0 Å². The average Bonchev–Trinajstić information content (AvgIpc) is 2.92. The third-order valence-corrected chi connectivity index (χ3v) is 8.37. The summed E-state index contributed by atoms with van der Waals surface area (Å²) in [5.41, 5.74) is 2.08. The van der Waals surface area contributed by atoms with Gasteiger partial charge in [-0.3, -0.25) is 13.9 Å². The van der Waals surface area contributed by atoms with Gasteiger partial charge >= 0.3 is 0 Å². The van der Waals surface area contributed by atoms with Crippen molar-refractivity contribution in [2.24, 2.45) is 5.92 Å². The summed E-state index contributed by atoms with van der Waals surface area (Å²) in [6.07, 6.45) is 0.360. The Morgan fingerprint density at radius 1 is 0.923 bits per heavy atom. The molecule has 0 heterocycles. The SMILES string of the molecule is CC[C@H](C(=O)NCC(C)C)N(Cc1ccc(C)cc1)C(=O)CN(c1ccccc1Cl)S(=O)(=O)c1ccccc1. The van der Waals surface area contributed by atoms with Gasteiger partial charge in [0.1, 0.15) is 12.6 Å². The van der Waals surface area contributed by atoms with Crippen LogP contribution in [0.5, 0.6) is 0 Å². The lowest BCUT2D eigenvalue weighted by molar-refractivity contribution is -0.140. The second kappa shape index (κ2) is 13.6. The number of hydrogen-bond acceptors (Lipinski definition) is 4. The molecule has 0 aromatic heterocycles. The Morgan fingerprint density at radius 2 is 1.54 bits per heavy atom. The van der Waals surface area contributed by atoms with Crippen LogP contribution in [0.15, 0.2) is 83.8 Å². The molecular formula is C30H36ClN3O4S. The predicted molar refractivity (Wildman–Crippen MR) is 156 cm³/mol. The van der Waals surface area contributed by atoms with E-state index in [1.807, 2.05) is 52.0 Å². The zero-order chi connectivity index (χ0) is 28.6. The van der Waals surface area contributed by atoms with Crippen LogP contribution in [0.2, 0.25) is 5.02 Å². The van der Waals surface area contributed by atoms with Crippen molar-refractivity contribution in [1.29, 1.82) is 0 Å². The fraction of sp³-hybridized carbons (Fsp3) is 0.333. The summed E-state index contributed by atoms with van der Waals surface area (Å²) in [5, 5.41) is 3.12.